The molecule has 1 aliphatic rings. The third-order valence-corrected chi connectivity index (χ3v) is 3.71. The highest BCUT2D eigenvalue weighted by atomic mass is 16.5. The fourth-order valence-electron chi connectivity index (χ4n) is 2.59. The van der Waals surface area contributed by atoms with E-state index in [1.54, 1.807) is 6.07 Å². The van der Waals surface area contributed by atoms with Crippen LogP contribution in [0, 0.1) is 0 Å². The fourth-order valence-corrected chi connectivity index (χ4v) is 2.59. The largest absolute Gasteiger partial charge is 0.397 e. The summed E-state index contributed by atoms with van der Waals surface area (Å²) in [6.45, 7) is 1.63. The maximum Gasteiger partial charge on any atom is 0.170 e. The van der Waals surface area contributed by atoms with Crippen LogP contribution in [0.4, 0.5) is 5.69 Å². The number of nitrogens with zero attached hydrogens (tertiary/aromatic N) is 1. The molecule has 0 aliphatic carbocycles. The van der Waals surface area contributed by atoms with Crippen molar-refractivity contribution in [3.05, 3.63) is 35.5 Å². The minimum Gasteiger partial charge on any atom is -0.397 e. The van der Waals surface area contributed by atoms with Crippen LogP contribution in [-0.2, 0) is 4.74 Å². The molecular weight excluding hydrogens is 240 g/mol. The van der Waals surface area contributed by atoms with Crippen LogP contribution in [0.1, 0.15) is 34.8 Å². The van der Waals surface area contributed by atoms with E-state index in [0.29, 0.717) is 23.6 Å². The van der Waals surface area contributed by atoms with E-state index in [1.807, 2.05) is 6.07 Å². The molecule has 2 heterocycles. The Morgan fingerprint density at radius 2 is 2.05 bits per heavy atom. The van der Waals surface area contributed by atoms with Gasteiger partial charge in [-0.2, -0.15) is 0 Å². The van der Waals surface area contributed by atoms with Gasteiger partial charge < -0.3 is 10.5 Å². The molecule has 3 rings (SSSR count). The number of carbonyl (C=O) groups excluding carboxylic acids is 1. The first-order valence-corrected chi connectivity index (χ1v) is 6.51. The summed E-state index contributed by atoms with van der Waals surface area (Å²) >= 11 is 0. The highest BCUT2D eigenvalue weighted by Crippen LogP contribution is 2.29. The second-order valence-corrected chi connectivity index (χ2v) is 4.92. The monoisotopic (exact) mass is 256 g/mol. The summed E-state index contributed by atoms with van der Waals surface area (Å²) in [6, 6.07) is 8.02. The van der Waals surface area contributed by atoms with Crippen LogP contribution in [0.3, 0.4) is 0 Å². The highest BCUT2D eigenvalue weighted by Gasteiger charge is 2.16. The van der Waals surface area contributed by atoms with Crippen molar-refractivity contribution < 1.29 is 9.53 Å². The second-order valence-electron chi connectivity index (χ2n) is 4.92. The van der Waals surface area contributed by atoms with Gasteiger partial charge in [0.2, 0.25) is 0 Å². The molecule has 4 nitrogen and oxygen atoms in total. The van der Waals surface area contributed by atoms with Gasteiger partial charge in [0.05, 0.1) is 11.2 Å². The molecule has 1 saturated heterocycles. The zero-order chi connectivity index (χ0) is 13.2. The Labute approximate surface area is 111 Å². The van der Waals surface area contributed by atoms with Crippen LogP contribution in [0.2, 0.25) is 0 Å². The number of fused-ring (bicyclic) bond motifs is 1. The van der Waals surface area contributed by atoms with Crippen molar-refractivity contribution in [3.63, 3.8) is 0 Å². The Hall–Kier alpha value is -1.94. The van der Waals surface area contributed by atoms with Crippen molar-refractivity contribution >= 4 is 22.9 Å². The van der Waals surface area contributed by atoms with Crippen molar-refractivity contribution in [2.75, 3.05) is 18.9 Å². The zero-order valence-corrected chi connectivity index (χ0v) is 10.6. The lowest BCUT2D eigenvalue weighted by molar-refractivity contribution is 0.0853. The molecule has 0 radical (unpaired) electrons. The number of anilines is 1. The molecule has 0 atom stereocenters. The molecule has 0 saturated carbocycles. The van der Waals surface area contributed by atoms with Gasteiger partial charge in [0.1, 0.15) is 5.69 Å². The second kappa shape index (κ2) is 4.97. The Balaban J connectivity index is 2.03. The molecule has 1 aromatic heterocycles. The first-order valence-electron chi connectivity index (χ1n) is 6.51. The zero-order valence-electron chi connectivity index (χ0n) is 10.6. The summed E-state index contributed by atoms with van der Waals surface area (Å²) in [7, 11) is 0. The summed E-state index contributed by atoms with van der Waals surface area (Å²) in [5.74, 6) is 0.525. The maximum atomic E-state index is 10.9. The number of hydrogen-bond acceptors (Lipinski definition) is 4. The predicted octanol–water partition coefficient (Wildman–Crippen LogP) is 2.52. The molecule has 1 aromatic carbocycles. The number of benzene rings is 1. The molecule has 4 heteroatoms. The summed E-state index contributed by atoms with van der Waals surface area (Å²) in [6.07, 6.45) is 2.79. The van der Waals surface area contributed by atoms with Crippen LogP contribution < -0.4 is 5.73 Å². The number of nitrogen functional groups attached to an aromatic ring is 1. The first-order chi connectivity index (χ1) is 9.28. The molecule has 0 spiro atoms. The fraction of sp³-hybridized carbons (Fsp3) is 0.333. The van der Waals surface area contributed by atoms with E-state index in [-0.39, 0.29) is 0 Å². The average molecular weight is 256 g/mol. The van der Waals surface area contributed by atoms with Crippen molar-refractivity contribution in [2.24, 2.45) is 0 Å². The van der Waals surface area contributed by atoms with Gasteiger partial charge in [-0.05, 0) is 36.5 Å². The lowest BCUT2D eigenvalue weighted by Crippen LogP contribution is -2.14. The molecule has 0 unspecified atom stereocenters. The summed E-state index contributed by atoms with van der Waals surface area (Å²) in [5, 5.41) is 0.971. The van der Waals surface area contributed by atoms with Crippen molar-refractivity contribution in [2.45, 2.75) is 18.8 Å². The standard InChI is InChI=1S/C15H16N2O2/c16-13-7-12-2-1-11(10-3-5-19-6-4-10)8-14(12)17-15(13)9-18/h1-2,7-10H,3-6,16H2. The van der Waals surface area contributed by atoms with Gasteiger partial charge in [-0.1, -0.05) is 12.1 Å². The molecule has 19 heavy (non-hydrogen) atoms. The Morgan fingerprint density at radius 3 is 2.79 bits per heavy atom. The first kappa shape index (κ1) is 12.1. The lowest BCUT2D eigenvalue weighted by atomic mass is 9.91. The number of aldehydes is 1. The number of carbonyl (C=O) groups is 1. The lowest BCUT2D eigenvalue weighted by Gasteiger charge is -2.22. The molecule has 1 aliphatic heterocycles. The average Bonchev–Trinajstić information content (AvgIpc) is 2.47. The topological polar surface area (TPSA) is 65.2 Å². The smallest absolute Gasteiger partial charge is 0.170 e. The van der Waals surface area contributed by atoms with E-state index in [0.717, 1.165) is 37.0 Å². The molecule has 2 aromatic rings. The molecule has 1 fully saturated rings. The summed E-state index contributed by atoms with van der Waals surface area (Å²) < 4.78 is 5.38. The van der Waals surface area contributed by atoms with Crippen molar-refractivity contribution in [3.8, 4) is 0 Å². The Kier molecular flexibility index (Phi) is 3.17. The summed E-state index contributed by atoms with van der Waals surface area (Å²) in [5.41, 5.74) is 8.62. The van der Waals surface area contributed by atoms with Crippen LogP contribution in [-0.4, -0.2) is 24.5 Å². The van der Waals surface area contributed by atoms with E-state index in [1.165, 1.54) is 5.56 Å². The minimum absolute atomic E-state index is 0.316. The van der Waals surface area contributed by atoms with Gasteiger partial charge in [0, 0.05) is 18.6 Å². The number of aromatic nitrogens is 1. The highest BCUT2D eigenvalue weighted by molar-refractivity contribution is 5.90. The number of rotatable bonds is 2. The third-order valence-electron chi connectivity index (χ3n) is 3.71. The molecule has 0 bridgehead atoms. The Morgan fingerprint density at radius 1 is 1.26 bits per heavy atom. The van der Waals surface area contributed by atoms with Crippen molar-refractivity contribution in [1.82, 2.24) is 4.98 Å². The number of ether oxygens (including phenoxy) is 1. The molecule has 0 amide bonds. The Bertz CT molecular complexity index is 619. The van der Waals surface area contributed by atoms with Gasteiger partial charge in [0.15, 0.2) is 6.29 Å². The third kappa shape index (κ3) is 2.31. The van der Waals surface area contributed by atoms with Gasteiger partial charge in [0.25, 0.3) is 0 Å². The van der Waals surface area contributed by atoms with Gasteiger partial charge >= 0.3 is 0 Å². The van der Waals surface area contributed by atoms with Gasteiger partial charge in [-0.15, -0.1) is 0 Å². The molecule has 2 N–H and O–H groups in total. The summed E-state index contributed by atoms with van der Waals surface area (Å²) in [4.78, 5) is 15.2. The van der Waals surface area contributed by atoms with E-state index in [4.69, 9.17) is 10.5 Å². The predicted molar refractivity (Wildman–Crippen MR) is 74.3 cm³/mol. The minimum atomic E-state index is 0.316. The normalized spacial score (nSPS) is 16.6. The van der Waals surface area contributed by atoms with Crippen molar-refractivity contribution in [1.29, 1.82) is 0 Å². The molecule has 98 valence electrons. The maximum absolute atomic E-state index is 10.9. The van der Waals surface area contributed by atoms with Crippen LogP contribution in [0.15, 0.2) is 24.3 Å². The van der Waals surface area contributed by atoms with E-state index < -0.39 is 0 Å². The van der Waals surface area contributed by atoms with Gasteiger partial charge in [-0.3, -0.25) is 4.79 Å². The van der Waals surface area contributed by atoms with Crippen LogP contribution in [0.5, 0.6) is 0 Å². The van der Waals surface area contributed by atoms with Crippen LogP contribution >= 0.6 is 0 Å². The number of nitrogens with two attached hydrogens (primary N) is 1. The quantitative estimate of drug-likeness (QED) is 0.838. The van der Waals surface area contributed by atoms with Crippen LogP contribution in [0.25, 0.3) is 10.9 Å². The van der Waals surface area contributed by atoms with E-state index in [2.05, 4.69) is 17.1 Å². The number of hydrogen-bond donors (Lipinski definition) is 1. The molecular formula is C15H16N2O2. The van der Waals surface area contributed by atoms with E-state index >= 15 is 0 Å². The van der Waals surface area contributed by atoms with Gasteiger partial charge in [-0.25, -0.2) is 4.98 Å². The van der Waals surface area contributed by atoms with E-state index in [9.17, 15) is 4.79 Å². The number of pyridine rings is 1. The SMILES string of the molecule is Nc1cc2ccc(C3CCOCC3)cc2nc1C=O.